The van der Waals surface area contributed by atoms with E-state index in [1.807, 2.05) is 25.1 Å². The van der Waals surface area contributed by atoms with E-state index >= 15 is 0 Å². The van der Waals surface area contributed by atoms with Gasteiger partial charge in [0.25, 0.3) is 0 Å². The largest absolute Gasteiger partial charge is 0.488 e. The fourth-order valence-electron chi connectivity index (χ4n) is 2.04. The number of rotatable bonds is 6. The summed E-state index contributed by atoms with van der Waals surface area (Å²) < 4.78 is 20.3. The number of aryl methyl sites for hydroxylation is 1. The van der Waals surface area contributed by atoms with E-state index in [0.29, 0.717) is 5.56 Å². The average Bonchev–Trinajstić information content (AvgIpc) is 2.45. The zero-order valence-corrected chi connectivity index (χ0v) is 13.8. The lowest BCUT2D eigenvalue weighted by molar-refractivity contribution is 0.296. The van der Waals surface area contributed by atoms with E-state index in [-0.39, 0.29) is 12.4 Å². The molecule has 0 saturated carbocycles. The van der Waals surface area contributed by atoms with Crippen LogP contribution in [0.3, 0.4) is 0 Å². The van der Waals surface area contributed by atoms with Crippen LogP contribution in [0, 0.1) is 12.7 Å². The van der Waals surface area contributed by atoms with Crippen LogP contribution in [0.15, 0.2) is 40.9 Å². The smallest absolute Gasteiger partial charge is 0.130 e. The number of hydrogen-bond donors (Lipinski definition) is 1. The molecule has 4 heteroatoms. The molecule has 0 heterocycles. The molecule has 2 aromatic carbocycles. The Morgan fingerprint density at radius 3 is 2.67 bits per heavy atom. The van der Waals surface area contributed by atoms with Gasteiger partial charge in [0.2, 0.25) is 0 Å². The molecular formula is C17H19BrFNO. The molecule has 0 atom stereocenters. The fraction of sp³-hybridized carbons (Fsp3) is 0.294. The maximum absolute atomic E-state index is 13.8. The molecule has 21 heavy (non-hydrogen) atoms. The average molecular weight is 352 g/mol. The van der Waals surface area contributed by atoms with Gasteiger partial charge in [-0.05, 0) is 31.7 Å². The van der Waals surface area contributed by atoms with Crippen molar-refractivity contribution in [2.75, 3.05) is 6.54 Å². The molecule has 0 aromatic heterocycles. The maximum Gasteiger partial charge on any atom is 0.130 e. The van der Waals surface area contributed by atoms with Gasteiger partial charge in [0.05, 0.1) is 0 Å². The van der Waals surface area contributed by atoms with Crippen LogP contribution in [0.25, 0.3) is 0 Å². The highest BCUT2D eigenvalue weighted by molar-refractivity contribution is 9.10. The molecule has 1 N–H and O–H groups in total. The molecule has 112 valence electrons. The van der Waals surface area contributed by atoms with Crippen LogP contribution in [0.5, 0.6) is 5.75 Å². The number of halogens is 2. The molecule has 0 aliphatic carbocycles. The first-order valence-corrected chi connectivity index (χ1v) is 7.76. The quantitative estimate of drug-likeness (QED) is 0.821. The highest BCUT2D eigenvalue weighted by atomic mass is 79.9. The molecule has 0 aliphatic rings. The Labute approximate surface area is 133 Å². The van der Waals surface area contributed by atoms with Gasteiger partial charge < -0.3 is 10.1 Å². The highest BCUT2D eigenvalue weighted by Crippen LogP contribution is 2.22. The summed E-state index contributed by atoms with van der Waals surface area (Å²) in [5.74, 6) is 0.536. The minimum absolute atomic E-state index is 0.224. The highest BCUT2D eigenvalue weighted by Gasteiger charge is 2.07. The van der Waals surface area contributed by atoms with E-state index in [2.05, 4.69) is 34.2 Å². The van der Waals surface area contributed by atoms with Crippen molar-refractivity contribution in [1.29, 1.82) is 0 Å². The van der Waals surface area contributed by atoms with Gasteiger partial charge in [-0.3, -0.25) is 0 Å². The Morgan fingerprint density at radius 1 is 1.14 bits per heavy atom. The van der Waals surface area contributed by atoms with Crippen LogP contribution >= 0.6 is 15.9 Å². The first-order valence-electron chi connectivity index (χ1n) is 6.97. The van der Waals surface area contributed by atoms with E-state index in [1.54, 1.807) is 6.07 Å². The second kappa shape index (κ2) is 7.57. The Kier molecular flexibility index (Phi) is 5.76. The summed E-state index contributed by atoms with van der Waals surface area (Å²) in [6, 6.07) is 11.0. The molecule has 0 aliphatic heterocycles. The molecule has 2 nitrogen and oxygen atoms in total. The summed E-state index contributed by atoms with van der Waals surface area (Å²) in [5.41, 5.74) is 2.83. The van der Waals surface area contributed by atoms with Crippen molar-refractivity contribution < 1.29 is 9.13 Å². The monoisotopic (exact) mass is 351 g/mol. The van der Waals surface area contributed by atoms with Gasteiger partial charge in [-0.25, -0.2) is 4.39 Å². The van der Waals surface area contributed by atoms with E-state index in [0.717, 1.165) is 28.9 Å². The van der Waals surface area contributed by atoms with Gasteiger partial charge in [0.1, 0.15) is 18.2 Å². The molecule has 0 saturated heterocycles. The van der Waals surface area contributed by atoms with E-state index in [1.165, 1.54) is 11.6 Å². The lowest BCUT2D eigenvalue weighted by atomic mass is 10.1. The maximum atomic E-state index is 13.8. The van der Waals surface area contributed by atoms with Gasteiger partial charge >= 0.3 is 0 Å². The number of hydrogen-bond acceptors (Lipinski definition) is 2. The van der Waals surface area contributed by atoms with Crippen LogP contribution < -0.4 is 10.1 Å². The topological polar surface area (TPSA) is 21.3 Å². The summed E-state index contributed by atoms with van der Waals surface area (Å²) >= 11 is 3.25. The minimum Gasteiger partial charge on any atom is -0.488 e. The predicted molar refractivity (Wildman–Crippen MR) is 87.0 cm³/mol. The zero-order valence-electron chi connectivity index (χ0n) is 12.2. The first-order chi connectivity index (χ1) is 10.1. The third-order valence-electron chi connectivity index (χ3n) is 3.18. The van der Waals surface area contributed by atoms with Crippen molar-refractivity contribution in [1.82, 2.24) is 5.32 Å². The van der Waals surface area contributed by atoms with Crippen LogP contribution in [0.1, 0.15) is 23.6 Å². The summed E-state index contributed by atoms with van der Waals surface area (Å²) in [6.45, 7) is 5.98. The lowest BCUT2D eigenvalue weighted by Crippen LogP contribution is -2.13. The van der Waals surface area contributed by atoms with Crippen molar-refractivity contribution in [2.24, 2.45) is 0 Å². The Morgan fingerprint density at radius 2 is 1.95 bits per heavy atom. The Balaban J connectivity index is 2.11. The molecule has 2 aromatic rings. The molecule has 2 rings (SSSR count). The fourth-order valence-corrected chi connectivity index (χ4v) is 2.37. The standard InChI is InChI=1S/C17H19BrFNO/c1-3-20-10-14-8-12(2)4-7-17(14)21-11-13-5-6-15(18)9-16(13)19/h4-9,20H,3,10-11H2,1-2H3. The van der Waals surface area contributed by atoms with E-state index in [4.69, 9.17) is 4.74 Å². The molecular weight excluding hydrogens is 333 g/mol. The summed E-state index contributed by atoms with van der Waals surface area (Å²) in [5, 5.41) is 3.29. The molecule has 0 unspecified atom stereocenters. The normalized spacial score (nSPS) is 10.7. The summed E-state index contributed by atoms with van der Waals surface area (Å²) in [4.78, 5) is 0. The van der Waals surface area contributed by atoms with Crippen LogP contribution in [-0.4, -0.2) is 6.54 Å². The van der Waals surface area contributed by atoms with Crippen LogP contribution in [-0.2, 0) is 13.2 Å². The van der Waals surface area contributed by atoms with Gasteiger partial charge in [0.15, 0.2) is 0 Å². The number of nitrogens with one attached hydrogen (secondary N) is 1. The summed E-state index contributed by atoms with van der Waals surface area (Å²) in [6.07, 6.45) is 0. The molecule has 0 bridgehead atoms. The third-order valence-corrected chi connectivity index (χ3v) is 3.67. The van der Waals surface area contributed by atoms with Gasteiger partial charge in [-0.1, -0.05) is 46.6 Å². The molecule has 0 amide bonds. The van der Waals surface area contributed by atoms with Crippen molar-refractivity contribution in [2.45, 2.75) is 27.0 Å². The Bertz CT molecular complexity index is 616. The van der Waals surface area contributed by atoms with E-state index in [9.17, 15) is 4.39 Å². The lowest BCUT2D eigenvalue weighted by Gasteiger charge is -2.13. The van der Waals surface area contributed by atoms with Crippen molar-refractivity contribution in [3.63, 3.8) is 0 Å². The van der Waals surface area contributed by atoms with E-state index < -0.39 is 0 Å². The van der Waals surface area contributed by atoms with Crippen LogP contribution in [0.2, 0.25) is 0 Å². The van der Waals surface area contributed by atoms with Crippen LogP contribution in [0.4, 0.5) is 4.39 Å². The molecule has 0 fully saturated rings. The Hall–Kier alpha value is -1.39. The summed E-state index contributed by atoms with van der Waals surface area (Å²) in [7, 11) is 0. The number of ether oxygens (including phenoxy) is 1. The van der Waals surface area contributed by atoms with Gasteiger partial charge in [-0.2, -0.15) is 0 Å². The second-order valence-electron chi connectivity index (χ2n) is 4.92. The van der Waals surface area contributed by atoms with Crippen molar-refractivity contribution in [3.05, 3.63) is 63.4 Å². The van der Waals surface area contributed by atoms with Crippen molar-refractivity contribution in [3.8, 4) is 5.75 Å². The molecule has 0 spiro atoms. The third kappa shape index (κ3) is 4.55. The minimum atomic E-state index is -0.260. The number of benzene rings is 2. The second-order valence-corrected chi connectivity index (χ2v) is 5.83. The van der Waals surface area contributed by atoms with Gasteiger partial charge in [-0.15, -0.1) is 0 Å². The SMILES string of the molecule is CCNCc1cc(C)ccc1OCc1ccc(Br)cc1F. The van der Waals surface area contributed by atoms with Gasteiger partial charge in [0, 0.05) is 22.1 Å². The predicted octanol–water partition coefficient (Wildman–Crippen LogP) is 4.59. The first kappa shape index (κ1) is 16.0. The zero-order chi connectivity index (χ0) is 15.2. The molecule has 0 radical (unpaired) electrons. The van der Waals surface area contributed by atoms with Crippen molar-refractivity contribution >= 4 is 15.9 Å².